The van der Waals surface area contributed by atoms with E-state index in [1.54, 1.807) is 0 Å². The smallest absolute Gasteiger partial charge is 0.335 e. The van der Waals surface area contributed by atoms with E-state index in [1.165, 1.54) is 17.2 Å². The van der Waals surface area contributed by atoms with Gasteiger partial charge in [0.2, 0.25) is 0 Å². The van der Waals surface area contributed by atoms with Crippen molar-refractivity contribution < 1.29 is 14.6 Å². The van der Waals surface area contributed by atoms with Gasteiger partial charge in [-0.3, -0.25) is 0 Å². The SMILES string of the molecule is C=CC(=O)Oc1c(C(C)c2cc(C(C)(C)CCC)cc(CC(C)C)c2O)cc(C(C)(C)CCC)cc1C(C)(C)C. The summed E-state index contributed by atoms with van der Waals surface area (Å²) in [5.41, 5.74) is 5.92. The van der Waals surface area contributed by atoms with Gasteiger partial charge in [-0.25, -0.2) is 4.79 Å². The fourth-order valence-electron chi connectivity index (χ4n) is 5.92. The first-order valence-corrected chi connectivity index (χ1v) is 15.3. The molecule has 0 saturated carbocycles. The molecule has 0 aliphatic rings. The van der Waals surface area contributed by atoms with E-state index in [1.807, 2.05) is 0 Å². The van der Waals surface area contributed by atoms with Gasteiger partial charge < -0.3 is 9.84 Å². The predicted molar refractivity (Wildman–Crippen MR) is 171 cm³/mol. The van der Waals surface area contributed by atoms with Crippen molar-refractivity contribution in [2.24, 2.45) is 5.92 Å². The Bertz CT molecular complexity index is 1190. The van der Waals surface area contributed by atoms with Gasteiger partial charge >= 0.3 is 5.97 Å². The van der Waals surface area contributed by atoms with Gasteiger partial charge in [0.15, 0.2) is 0 Å². The van der Waals surface area contributed by atoms with E-state index in [-0.39, 0.29) is 22.2 Å². The summed E-state index contributed by atoms with van der Waals surface area (Å²) in [4.78, 5) is 12.7. The molecule has 2 aromatic carbocycles. The molecule has 0 aliphatic heterocycles. The summed E-state index contributed by atoms with van der Waals surface area (Å²) < 4.78 is 6.05. The number of hydrogen-bond donors (Lipinski definition) is 1. The Balaban J connectivity index is 3.00. The van der Waals surface area contributed by atoms with Gasteiger partial charge in [0.25, 0.3) is 0 Å². The number of benzene rings is 2. The lowest BCUT2D eigenvalue weighted by Crippen LogP contribution is -2.23. The number of phenols is 1. The molecule has 0 aromatic heterocycles. The van der Waals surface area contributed by atoms with Gasteiger partial charge in [-0.15, -0.1) is 0 Å². The number of hydrogen-bond acceptors (Lipinski definition) is 3. The number of esters is 1. The van der Waals surface area contributed by atoms with E-state index < -0.39 is 5.97 Å². The highest BCUT2D eigenvalue weighted by atomic mass is 16.5. The number of rotatable bonds is 12. The molecular weight excluding hydrogens is 492 g/mol. The summed E-state index contributed by atoms with van der Waals surface area (Å²) in [6.07, 6.45) is 6.29. The van der Waals surface area contributed by atoms with E-state index in [9.17, 15) is 9.90 Å². The van der Waals surface area contributed by atoms with Crippen LogP contribution in [-0.2, 0) is 27.5 Å². The van der Waals surface area contributed by atoms with Crippen LogP contribution in [0.1, 0.15) is 148 Å². The topological polar surface area (TPSA) is 46.5 Å². The molecule has 3 nitrogen and oxygen atoms in total. The molecule has 222 valence electrons. The fraction of sp³-hybridized carbons (Fsp3) is 0.595. The molecule has 0 radical (unpaired) electrons. The minimum Gasteiger partial charge on any atom is -0.507 e. The average molecular weight is 549 g/mol. The third-order valence-corrected chi connectivity index (χ3v) is 8.39. The van der Waals surface area contributed by atoms with Crippen LogP contribution in [0.15, 0.2) is 36.9 Å². The summed E-state index contributed by atoms with van der Waals surface area (Å²) in [5, 5.41) is 11.7. The van der Waals surface area contributed by atoms with E-state index in [4.69, 9.17) is 4.74 Å². The Morgan fingerprint density at radius 1 is 0.875 bits per heavy atom. The molecule has 1 unspecified atom stereocenters. The molecule has 1 atom stereocenters. The number of phenolic OH excluding ortho intramolecular Hbond substituents is 1. The van der Waals surface area contributed by atoms with Crippen molar-refractivity contribution in [1.82, 2.24) is 0 Å². The summed E-state index contributed by atoms with van der Waals surface area (Å²) in [7, 11) is 0. The minimum absolute atomic E-state index is 0.0255. The van der Waals surface area contributed by atoms with Crippen molar-refractivity contribution in [1.29, 1.82) is 0 Å². The highest BCUT2D eigenvalue weighted by Gasteiger charge is 2.32. The molecule has 3 heteroatoms. The first kappa shape index (κ1) is 33.7. The fourth-order valence-corrected chi connectivity index (χ4v) is 5.92. The van der Waals surface area contributed by atoms with Crippen LogP contribution in [0.25, 0.3) is 0 Å². The second-order valence-electron chi connectivity index (χ2n) is 14.5. The Labute approximate surface area is 245 Å². The molecular formula is C37H56O3. The molecule has 2 aromatic rings. The molecule has 0 aliphatic carbocycles. The van der Waals surface area contributed by atoms with Crippen molar-refractivity contribution in [2.45, 2.75) is 137 Å². The first-order valence-electron chi connectivity index (χ1n) is 15.3. The average Bonchev–Trinajstić information content (AvgIpc) is 2.83. The number of carbonyl (C=O) groups excluding carboxylic acids is 1. The van der Waals surface area contributed by atoms with Gasteiger partial charge in [-0.1, -0.05) is 127 Å². The van der Waals surface area contributed by atoms with Crippen LogP contribution in [0.3, 0.4) is 0 Å². The number of ether oxygens (including phenoxy) is 1. The largest absolute Gasteiger partial charge is 0.507 e. The molecule has 0 spiro atoms. The van der Waals surface area contributed by atoms with Crippen LogP contribution in [0.2, 0.25) is 0 Å². The zero-order valence-corrected chi connectivity index (χ0v) is 27.5. The van der Waals surface area contributed by atoms with Crippen molar-refractivity contribution in [3.8, 4) is 11.5 Å². The molecule has 0 amide bonds. The summed E-state index contributed by atoms with van der Waals surface area (Å²) in [6.45, 7) is 30.2. The quantitative estimate of drug-likeness (QED) is 0.163. The van der Waals surface area contributed by atoms with Gasteiger partial charge in [0.1, 0.15) is 11.5 Å². The molecule has 0 bridgehead atoms. The van der Waals surface area contributed by atoms with Crippen molar-refractivity contribution >= 4 is 5.97 Å². The number of aromatic hydroxyl groups is 1. The van der Waals surface area contributed by atoms with Crippen molar-refractivity contribution in [3.05, 3.63) is 70.3 Å². The van der Waals surface area contributed by atoms with Gasteiger partial charge in [0.05, 0.1) is 0 Å². The summed E-state index contributed by atoms with van der Waals surface area (Å²) >= 11 is 0. The molecule has 2 rings (SSSR count). The molecule has 0 fully saturated rings. The second-order valence-corrected chi connectivity index (χ2v) is 14.5. The minimum atomic E-state index is -0.470. The standard InChI is InChI=1S/C37H56O3/c1-14-17-36(10,11)27-20-26(19-24(4)5)33(39)29(21-27)25(6)30-22-28(37(12,13)18-15-2)23-31(35(7,8)9)34(30)40-32(38)16-3/h16,20-25,39H,3,14-15,17-19H2,1-2,4-13H3. The Hall–Kier alpha value is -2.55. The number of carbonyl (C=O) groups is 1. The zero-order chi connectivity index (χ0) is 30.6. The van der Waals surface area contributed by atoms with E-state index in [0.29, 0.717) is 17.4 Å². The van der Waals surface area contributed by atoms with Crippen LogP contribution < -0.4 is 4.74 Å². The monoisotopic (exact) mass is 548 g/mol. The third kappa shape index (κ3) is 7.80. The maximum Gasteiger partial charge on any atom is 0.335 e. The molecule has 0 saturated heterocycles. The summed E-state index contributed by atoms with van der Waals surface area (Å²) in [5.74, 6) is 0.683. The normalized spacial score (nSPS) is 13.4. The maximum absolute atomic E-state index is 12.7. The Kier molecular flexibility index (Phi) is 10.9. The first-order chi connectivity index (χ1) is 18.4. The lowest BCUT2D eigenvalue weighted by molar-refractivity contribution is -0.129. The van der Waals surface area contributed by atoms with Crippen LogP contribution in [0, 0.1) is 5.92 Å². The van der Waals surface area contributed by atoms with Gasteiger partial charge in [-0.05, 0) is 58.1 Å². The van der Waals surface area contributed by atoms with Crippen molar-refractivity contribution in [2.75, 3.05) is 0 Å². The van der Waals surface area contributed by atoms with Crippen LogP contribution >= 0.6 is 0 Å². The Morgan fingerprint density at radius 3 is 1.82 bits per heavy atom. The molecule has 1 N–H and O–H groups in total. The second kappa shape index (κ2) is 13.0. The van der Waals surface area contributed by atoms with E-state index in [0.717, 1.165) is 54.4 Å². The Morgan fingerprint density at radius 2 is 1.38 bits per heavy atom. The maximum atomic E-state index is 12.7. The van der Waals surface area contributed by atoms with Gasteiger partial charge in [-0.2, -0.15) is 0 Å². The van der Waals surface area contributed by atoms with E-state index >= 15 is 0 Å². The lowest BCUT2D eigenvalue weighted by atomic mass is 9.73. The van der Waals surface area contributed by atoms with Crippen LogP contribution in [0.5, 0.6) is 11.5 Å². The predicted octanol–water partition coefficient (Wildman–Crippen LogP) is 10.3. The van der Waals surface area contributed by atoms with Gasteiger partial charge in [0, 0.05) is 28.7 Å². The lowest BCUT2D eigenvalue weighted by Gasteiger charge is -2.33. The van der Waals surface area contributed by atoms with Crippen LogP contribution in [0.4, 0.5) is 0 Å². The van der Waals surface area contributed by atoms with Crippen molar-refractivity contribution in [3.63, 3.8) is 0 Å². The highest BCUT2D eigenvalue weighted by Crippen LogP contribution is 2.47. The highest BCUT2D eigenvalue weighted by molar-refractivity contribution is 5.84. The molecule has 0 heterocycles. The zero-order valence-electron chi connectivity index (χ0n) is 27.5. The summed E-state index contributed by atoms with van der Waals surface area (Å²) in [6, 6.07) is 8.84. The van der Waals surface area contributed by atoms with E-state index in [2.05, 4.69) is 114 Å². The van der Waals surface area contributed by atoms with Crippen LogP contribution in [-0.4, -0.2) is 11.1 Å². The third-order valence-electron chi connectivity index (χ3n) is 8.39. The molecule has 40 heavy (non-hydrogen) atoms.